The van der Waals surface area contributed by atoms with E-state index in [0.717, 1.165) is 30.8 Å². The van der Waals surface area contributed by atoms with Gasteiger partial charge in [-0.25, -0.2) is 0 Å². The van der Waals surface area contributed by atoms with Gasteiger partial charge in [-0.05, 0) is 24.1 Å². The number of hydrogen-bond acceptors (Lipinski definition) is 4. The number of halogens is 1. The average Bonchev–Trinajstić information content (AvgIpc) is 2.61. The summed E-state index contributed by atoms with van der Waals surface area (Å²) < 4.78 is 0. The Morgan fingerprint density at radius 1 is 1.36 bits per heavy atom. The molecule has 2 heterocycles. The molecular formula is C19H25ClN4O. The van der Waals surface area contributed by atoms with E-state index in [2.05, 4.69) is 45.6 Å². The molecule has 1 amide bonds. The van der Waals surface area contributed by atoms with Crippen molar-refractivity contribution in [3.8, 4) is 0 Å². The number of nitrogens with one attached hydrogen (secondary N) is 2. The minimum atomic E-state index is 0. The van der Waals surface area contributed by atoms with Crippen molar-refractivity contribution < 1.29 is 4.79 Å². The molecule has 3 rings (SSSR count). The van der Waals surface area contributed by atoms with Gasteiger partial charge in [-0.2, -0.15) is 0 Å². The van der Waals surface area contributed by atoms with Crippen molar-refractivity contribution >= 4 is 18.3 Å². The van der Waals surface area contributed by atoms with E-state index in [-0.39, 0.29) is 24.4 Å². The van der Waals surface area contributed by atoms with Gasteiger partial charge in [0, 0.05) is 44.6 Å². The number of nitrogens with zero attached hydrogens (tertiary/aromatic N) is 2. The van der Waals surface area contributed by atoms with Gasteiger partial charge in [0.25, 0.3) is 0 Å². The lowest BCUT2D eigenvalue weighted by molar-refractivity contribution is -0.123. The fourth-order valence-electron chi connectivity index (χ4n) is 3.10. The number of pyridine rings is 1. The summed E-state index contributed by atoms with van der Waals surface area (Å²) in [5, 5.41) is 6.43. The Balaban J connectivity index is 0.00000225. The molecule has 0 aliphatic carbocycles. The summed E-state index contributed by atoms with van der Waals surface area (Å²) in [6, 6.07) is 12.4. The van der Waals surface area contributed by atoms with Crippen molar-refractivity contribution in [2.24, 2.45) is 0 Å². The normalized spacial score (nSPS) is 17.6. The lowest BCUT2D eigenvalue weighted by atomic mass is 10.1. The van der Waals surface area contributed by atoms with Gasteiger partial charge in [-0.15, -0.1) is 12.4 Å². The van der Waals surface area contributed by atoms with Crippen LogP contribution in [0.3, 0.4) is 0 Å². The summed E-state index contributed by atoms with van der Waals surface area (Å²) in [7, 11) is 0. The van der Waals surface area contributed by atoms with Gasteiger partial charge in [0.2, 0.25) is 5.91 Å². The van der Waals surface area contributed by atoms with Crippen LogP contribution in [0.25, 0.3) is 0 Å². The van der Waals surface area contributed by atoms with Gasteiger partial charge < -0.3 is 10.6 Å². The van der Waals surface area contributed by atoms with Crippen LogP contribution in [-0.2, 0) is 11.3 Å². The quantitative estimate of drug-likeness (QED) is 0.857. The number of benzene rings is 1. The van der Waals surface area contributed by atoms with E-state index in [9.17, 15) is 4.79 Å². The summed E-state index contributed by atoms with van der Waals surface area (Å²) >= 11 is 0. The van der Waals surface area contributed by atoms with Crippen LogP contribution >= 0.6 is 12.4 Å². The molecule has 1 aliphatic heterocycles. The van der Waals surface area contributed by atoms with Crippen LogP contribution in [0.5, 0.6) is 0 Å². The smallest absolute Gasteiger partial charge is 0.234 e. The highest BCUT2D eigenvalue weighted by Crippen LogP contribution is 2.20. The van der Waals surface area contributed by atoms with Crippen LogP contribution in [0, 0.1) is 6.92 Å². The minimum absolute atomic E-state index is 0. The predicted octanol–water partition coefficient (Wildman–Crippen LogP) is 2.07. The van der Waals surface area contributed by atoms with Crippen LogP contribution < -0.4 is 10.6 Å². The Bertz CT molecular complexity index is 680. The van der Waals surface area contributed by atoms with E-state index in [4.69, 9.17) is 0 Å². The number of rotatable bonds is 5. The van der Waals surface area contributed by atoms with Gasteiger partial charge in [-0.3, -0.25) is 14.7 Å². The van der Waals surface area contributed by atoms with Gasteiger partial charge in [-0.1, -0.05) is 35.9 Å². The second kappa shape index (κ2) is 9.51. The topological polar surface area (TPSA) is 57.3 Å². The predicted molar refractivity (Wildman–Crippen MR) is 102 cm³/mol. The summed E-state index contributed by atoms with van der Waals surface area (Å²) in [5.41, 5.74) is 3.49. The maximum atomic E-state index is 12.4. The molecule has 0 spiro atoms. The molecular weight excluding hydrogens is 336 g/mol. The highest BCUT2D eigenvalue weighted by molar-refractivity contribution is 5.85. The molecule has 25 heavy (non-hydrogen) atoms. The lowest BCUT2D eigenvalue weighted by Crippen LogP contribution is -2.49. The third-order valence-corrected chi connectivity index (χ3v) is 4.34. The molecule has 2 aromatic rings. The molecule has 1 aromatic heterocycles. The SMILES string of the molecule is Cc1cccc(CNC(=O)CN2CCNCC2c2cccnc2)c1.Cl. The summed E-state index contributed by atoms with van der Waals surface area (Å²) in [5.74, 6) is 0.0623. The third kappa shape index (κ3) is 5.53. The molecule has 1 unspecified atom stereocenters. The molecule has 0 bridgehead atoms. The third-order valence-electron chi connectivity index (χ3n) is 4.34. The van der Waals surface area contributed by atoms with Crippen molar-refractivity contribution in [1.82, 2.24) is 20.5 Å². The van der Waals surface area contributed by atoms with Crippen LogP contribution in [0.4, 0.5) is 0 Å². The van der Waals surface area contributed by atoms with Gasteiger partial charge in [0.05, 0.1) is 6.54 Å². The largest absolute Gasteiger partial charge is 0.351 e. The molecule has 0 radical (unpaired) electrons. The van der Waals surface area contributed by atoms with Crippen LogP contribution in [0.1, 0.15) is 22.7 Å². The highest BCUT2D eigenvalue weighted by Gasteiger charge is 2.25. The molecule has 1 aliphatic rings. The zero-order valence-electron chi connectivity index (χ0n) is 14.4. The second-order valence-corrected chi connectivity index (χ2v) is 6.24. The van der Waals surface area contributed by atoms with Gasteiger partial charge in [0.15, 0.2) is 0 Å². The number of piperazine rings is 1. The van der Waals surface area contributed by atoms with Crippen LogP contribution in [0.15, 0.2) is 48.8 Å². The first-order valence-corrected chi connectivity index (χ1v) is 8.39. The maximum Gasteiger partial charge on any atom is 0.234 e. The van der Waals surface area contributed by atoms with E-state index >= 15 is 0 Å². The zero-order valence-corrected chi connectivity index (χ0v) is 15.3. The summed E-state index contributed by atoms with van der Waals surface area (Å²) in [6.07, 6.45) is 3.66. The average molecular weight is 361 g/mol. The zero-order chi connectivity index (χ0) is 16.8. The first kappa shape index (κ1) is 19.4. The summed E-state index contributed by atoms with van der Waals surface area (Å²) in [4.78, 5) is 18.8. The lowest BCUT2D eigenvalue weighted by Gasteiger charge is -2.35. The Labute approximate surface area is 155 Å². The minimum Gasteiger partial charge on any atom is -0.351 e. The van der Waals surface area contributed by atoms with E-state index in [0.29, 0.717) is 13.1 Å². The van der Waals surface area contributed by atoms with Crippen molar-refractivity contribution in [3.63, 3.8) is 0 Å². The second-order valence-electron chi connectivity index (χ2n) is 6.24. The number of aromatic nitrogens is 1. The molecule has 1 atom stereocenters. The fraction of sp³-hybridized carbons (Fsp3) is 0.368. The van der Waals surface area contributed by atoms with E-state index in [1.54, 1.807) is 6.20 Å². The molecule has 2 N–H and O–H groups in total. The molecule has 6 heteroatoms. The molecule has 134 valence electrons. The molecule has 5 nitrogen and oxygen atoms in total. The number of carbonyl (C=O) groups is 1. The Hall–Kier alpha value is -1.95. The van der Waals surface area contributed by atoms with Crippen molar-refractivity contribution in [3.05, 3.63) is 65.5 Å². The summed E-state index contributed by atoms with van der Waals surface area (Å²) in [6.45, 7) is 5.65. The fourth-order valence-corrected chi connectivity index (χ4v) is 3.10. The Morgan fingerprint density at radius 2 is 2.24 bits per heavy atom. The Kier molecular flexibility index (Phi) is 7.37. The number of aryl methyl sites for hydroxylation is 1. The maximum absolute atomic E-state index is 12.4. The highest BCUT2D eigenvalue weighted by atomic mass is 35.5. The number of carbonyl (C=O) groups excluding carboxylic acids is 1. The number of hydrogen-bond donors (Lipinski definition) is 2. The van der Waals surface area contributed by atoms with E-state index in [1.165, 1.54) is 5.56 Å². The van der Waals surface area contributed by atoms with Crippen molar-refractivity contribution in [2.45, 2.75) is 19.5 Å². The standard InChI is InChI=1S/C19H24N4O.ClH/c1-15-4-2-5-16(10-15)11-22-19(24)14-23-9-8-21-13-18(23)17-6-3-7-20-12-17;/h2-7,10,12,18,21H,8-9,11,13-14H2,1H3,(H,22,24);1H. The van der Waals surface area contributed by atoms with Crippen molar-refractivity contribution in [1.29, 1.82) is 0 Å². The monoisotopic (exact) mass is 360 g/mol. The molecule has 0 saturated carbocycles. The van der Waals surface area contributed by atoms with Crippen molar-refractivity contribution in [2.75, 3.05) is 26.2 Å². The molecule has 1 aromatic carbocycles. The van der Waals surface area contributed by atoms with E-state index < -0.39 is 0 Å². The van der Waals surface area contributed by atoms with Gasteiger partial charge in [0.1, 0.15) is 0 Å². The first-order valence-electron chi connectivity index (χ1n) is 8.39. The van der Waals surface area contributed by atoms with Crippen LogP contribution in [-0.4, -0.2) is 42.0 Å². The van der Waals surface area contributed by atoms with Crippen LogP contribution in [0.2, 0.25) is 0 Å². The molecule has 1 fully saturated rings. The number of amides is 1. The van der Waals surface area contributed by atoms with Gasteiger partial charge >= 0.3 is 0 Å². The van der Waals surface area contributed by atoms with E-state index in [1.807, 2.05) is 24.4 Å². The Morgan fingerprint density at radius 3 is 3.00 bits per heavy atom. The first-order chi connectivity index (χ1) is 11.7. The molecule has 1 saturated heterocycles.